The zero-order chi connectivity index (χ0) is 22.9. The summed E-state index contributed by atoms with van der Waals surface area (Å²) < 4.78 is 1.94. The molecule has 2 fully saturated rings. The second kappa shape index (κ2) is 9.15. The molecule has 174 valence electrons. The van der Waals surface area contributed by atoms with Gasteiger partial charge in [-0.2, -0.15) is 5.10 Å². The molecule has 1 amide bonds. The van der Waals surface area contributed by atoms with Gasteiger partial charge in [0, 0.05) is 56.1 Å². The molecule has 2 aromatic heterocycles. The van der Waals surface area contributed by atoms with E-state index in [0.717, 1.165) is 66.9 Å². The minimum atomic E-state index is -0.0640. The molecule has 0 unspecified atom stereocenters. The molecule has 1 aromatic carbocycles. The molecule has 2 aliphatic rings. The van der Waals surface area contributed by atoms with Crippen LogP contribution in [-0.2, 0) is 4.79 Å². The Hall–Kier alpha value is -2.90. The third-order valence-corrected chi connectivity index (χ3v) is 6.71. The van der Waals surface area contributed by atoms with Crippen LogP contribution < -0.4 is 10.2 Å². The summed E-state index contributed by atoms with van der Waals surface area (Å²) in [7, 11) is 0. The molecule has 0 bridgehead atoms. The maximum absolute atomic E-state index is 12.4. The Labute approximate surface area is 195 Å². The smallest absolute Gasteiger partial charge is 0.225 e. The number of aromatic nitrogens is 2. The van der Waals surface area contributed by atoms with E-state index in [0.29, 0.717) is 11.9 Å². The molecule has 3 aromatic rings. The van der Waals surface area contributed by atoms with Crippen LogP contribution in [-0.4, -0.2) is 64.4 Å². The van der Waals surface area contributed by atoms with Gasteiger partial charge in [0.15, 0.2) is 0 Å². The molecule has 1 saturated carbocycles. The van der Waals surface area contributed by atoms with Gasteiger partial charge in [0.1, 0.15) is 0 Å². The molecule has 1 aliphatic carbocycles. The Morgan fingerprint density at radius 3 is 2.45 bits per heavy atom. The Morgan fingerprint density at radius 2 is 1.82 bits per heavy atom. The maximum Gasteiger partial charge on any atom is 0.225 e. The van der Waals surface area contributed by atoms with Crippen LogP contribution in [0.1, 0.15) is 38.3 Å². The lowest BCUT2D eigenvalue weighted by Gasteiger charge is -2.36. The first-order valence-corrected chi connectivity index (χ1v) is 12.0. The van der Waals surface area contributed by atoms with Gasteiger partial charge in [-0.25, -0.2) is 4.52 Å². The van der Waals surface area contributed by atoms with Crippen LogP contribution in [0.15, 0.2) is 48.8 Å². The predicted octanol–water partition coefficient (Wildman–Crippen LogP) is 3.09. The van der Waals surface area contributed by atoms with Crippen LogP contribution in [0, 0.1) is 5.92 Å². The molecule has 2 N–H and O–H groups in total. The fourth-order valence-electron chi connectivity index (χ4n) is 4.75. The van der Waals surface area contributed by atoms with Gasteiger partial charge in [-0.1, -0.05) is 38.1 Å². The van der Waals surface area contributed by atoms with E-state index in [9.17, 15) is 9.90 Å². The summed E-state index contributed by atoms with van der Waals surface area (Å²) in [5.74, 6) is 0.632. The number of anilines is 1. The van der Waals surface area contributed by atoms with E-state index in [1.807, 2.05) is 15.6 Å². The van der Waals surface area contributed by atoms with Crippen molar-refractivity contribution in [1.82, 2.24) is 19.8 Å². The highest BCUT2D eigenvalue weighted by atomic mass is 16.3. The van der Waals surface area contributed by atoms with E-state index in [2.05, 4.69) is 71.8 Å². The fourth-order valence-corrected chi connectivity index (χ4v) is 4.75. The van der Waals surface area contributed by atoms with Crippen molar-refractivity contribution in [1.29, 1.82) is 0 Å². The quantitative estimate of drug-likeness (QED) is 0.582. The summed E-state index contributed by atoms with van der Waals surface area (Å²) in [4.78, 5) is 16.8. The first-order chi connectivity index (χ1) is 16.0. The van der Waals surface area contributed by atoms with Gasteiger partial charge in [-0.05, 0) is 36.1 Å². The van der Waals surface area contributed by atoms with Gasteiger partial charge < -0.3 is 20.2 Å². The lowest BCUT2D eigenvalue weighted by molar-refractivity contribution is -0.132. The summed E-state index contributed by atoms with van der Waals surface area (Å²) in [6.45, 7) is 7.50. The minimum absolute atomic E-state index is 0.0640. The second-order valence-corrected chi connectivity index (χ2v) is 9.54. The van der Waals surface area contributed by atoms with Crippen molar-refractivity contribution >= 4 is 17.1 Å². The number of amides is 1. The third kappa shape index (κ3) is 4.61. The first-order valence-electron chi connectivity index (χ1n) is 12.0. The summed E-state index contributed by atoms with van der Waals surface area (Å²) in [6, 6.07) is 12.9. The van der Waals surface area contributed by atoms with E-state index < -0.39 is 0 Å². The molecule has 33 heavy (non-hydrogen) atoms. The Morgan fingerprint density at radius 1 is 1.09 bits per heavy atom. The molecular formula is C26H33N5O2. The van der Waals surface area contributed by atoms with Crippen LogP contribution in [0.25, 0.3) is 16.6 Å². The summed E-state index contributed by atoms with van der Waals surface area (Å²) in [5, 5.41) is 17.7. The van der Waals surface area contributed by atoms with Gasteiger partial charge in [0.2, 0.25) is 5.91 Å². The lowest BCUT2D eigenvalue weighted by Crippen LogP contribution is -2.49. The van der Waals surface area contributed by atoms with Crippen LogP contribution >= 0.6 is 0 Å². The number of hydrogen-bond acceptors (Lipinski definition) is 5. The van der Waals surface area contributed by atoms with Crippen molar-refractivity contribution in [3.05, 3.63) is 54.4 Å². The number of nitrogens with zero attached hydrogens (tertiary/aromatic N) is 4. The van der Waals surface area contributed by atoms with E-state index in [1.54, 1.807) is 0 Å². The van der Waals surface area contributed by atoms with Gasteiger partial charge in [0.05, 0.1) is 23.9 Å². The number of piperazine rings is 1. The largest absolute Gasteiger partial charge is 0.394 e. The topological polar surface area (TPSA) is 73.1 Å². The molecule has 1 aliphatic heterocycles. The number of aliphatic hydroxyl groups excluding tert-OH is 1. The first kappa shape index (κ1) is 21.9. The average Bonchev–Trinajstić information content (AvgIpc) is 3.60. The SMILES string of the molecule is CC(C)N[C@@H](CO)c1ccc(-c2cc3c(N4CCN(C(=O)C5CC5)CC4)ccnn3c2)cc1. The zero-order valence-corrected chi connectivity index (χ0v) is 19.4. The number of hydrogen-bond donors (Lipinski definition) is 2. The van der Waals surface area contributed by atoms with Gasteiger partial charge in [-0.3, -0.25) is 4.79 Å². The summed E-state index contributed by atoms with van der Waals surface area (Å²) >= 11 is 0. The number of aliphatic hydroxyl groups is 1. The van der Waals surface area contributed by atoms with E-state index in [1.165, 1.54) is 0 Å². The fraction of sp³-hybridized carbons (Fsp3) is 0.462. The number of fused-ring (bicyclic) bond motifs is 1. The molecular weight excluding hydrogens is 414 g/mol. The van der Waals surface area contributed by atoms with Crippen LogP contribution in [0.5, 0.6) is 0 Å². The lowest BCUT2D eigenvalue weighted by atomic mass is 10.0. The normalized spacial score (nSPS) is 17.7. The number of carbonyl (C=O) groups excluding carboxylic acids is 1. The summed E-state index contributed by atoms with van der Waals surface area (Å²) in [6.07, 6.45) is 6.04. The van der Waals surface area contributed by atoms with E-state index in [-0.39, 0.29) is 18.6 Å². The minimum Gasteiger partial charge on any atom is -0.394 e. The molecule has 1 atom stereocenters. The second-order valence-electron chi connectivity index (χ2n) is 9.54. The number of nitrogens with one attached hydrogen (secondary N) is 1. The van der Waals surface area contributed by atoms with Crippen molar-refractivity contribution in [2.45, 2.75) is 38.8 Å². The molecule has 5 rings (SSSR count). The van der Waals surface area contributed by atoms with E-state index in [4.69, 9.17) is 0 Å². The van der Waals surface area contributed by atoms with Gasteiger partial charge in [-0.15, -0.1) is 0 Å². The predicted molar refractivity (Wildman–Crippen MR) is 130 cm³/mol. The highest BCUT2D eigenvalue weighted by molar-refractivity contribution is 5.82. The van der Waals surface area contributed by atoms with Crippen LogP contribution in [0.2, 0.25) is 0 Å². The molecule has 3 heterocycles. The summed E-state index contributed by atoms with van der Waals surface area (Å²) in [5.41, 5.74) is 5.55. The van der Waals surface area contributed by atoms with Crippen molar-refractivity contribution in [2.75, 3.05) is 37.7 Å². The molecule has 7 nitrogen and oxygen atoms in total. The standard InChI is InChI=1S/C26H33N5O2/c1-18(2)28-23(17-32)20-5-3-19(4-6-20)22-15-25-24(9-10-27-31(25)16-22)29-11-13-30(14-12-29)26(33)21-7-8-21/h3-6,9-10,15-16,18,21,23,28,32H,7-8,11-14,17H2,1-2H3/t23-/m0/s1. The van der Waals surface area contributed by atoms with Crippen molar-refractivity contribution in [3.8, 4) is 11.1 Å². The maximum atomic E-state index is 12.4. The monoisotopic (exact) mass is 447 g/mol. The van der Waals surface area contributed by atoms with Gasteiger partial charge >= 0.3 is 0 Å². The third-order valence-electron chi connectivity index (χ3n) is 6.71. The molecule has 1 saturated heterocycles. The van der Waals surface area contributed by atoms with Crippen LogP contribution in [0.3, 0.4) is 0 Å². The molecule has 7 heteroatoms. The van der Waals surface area contributed by atoms with Gasteiger partial charge in [0.25, 0.3) is 0 Å². The average molecular weight is 448 g/mol. The number of rotatable bonds is 7. The van der Waals surface area contributed by atoms with Crippen molar-refractivity contribution in [2.24, 2.45) is 5.92 Å². The zero-order valence-electron chi connectivity index (χ0n) is 19.4. The van der Waals surface area contributed by atoms with Crippen molar-refractivity contribution in [3.63, 3.8) is 0 Å². The highest BCUT2D eigenvalue weighted by Gasteiger charge is 2.34. The highest BCUT2D eigenvalue weighted by Crippen LogP contribution is 2.33. The van der Waals surface area contributed by atoms with E-state index >= 15 is 0 Å². The Kier molecular flexibility index (Phi) is 6.08. The number of carbonyl (C=O) groups is 1. The Balaban J connectivity index is 1.34. The van der Waals surface area contributed by atoms with Crippen LogP contribution in [0.4, 0.5) is 5.69 Å². The van der Waals surface area contributed by atoms with Crippen molar-refractivity contribution < 1.29 is 9.90 Å². The molecule has 0 spiro atoms. The Bertz CT molecular complexity index is 1110. The molecule has 0 radical (unpaired) electrons. The number of benzene rings is 1.